The van der Waals surface area contributed by atoms with E-state index in [4.69, 9.17) is 9.47 Å². The molecule has 3 rings (SSSR count). The third-order valence-corrected chi connectivity index (χ3v) is 5.68. The van der Waals surface area contributed by atoms with Crippen molar-refractivity contribution in [3.63, 3.8) is 0 Å². The van der Waals surface area contributed by atoms with Crippen molar-refractivity contribution in [1.82, 2.24) is 18.6 Å². The van der Waals surface area contributed by atoms with Gasteiger partial charge in [-0.05, 0) is 6.92 Å². The molecule has 1 atom stereocenters. The molecule has 1 N–H and O–H groups in total. The second-order valence-corrected chi connectivity index (χ2v) is 7.12. The molecule has 0 saturated carbocycles. The number of aromatic nitrogens is 2. The molecular formula is C12H20N4O4S. The van der Waals surface area contributed by atoms with Gasteiger partial charge in [0, 0.05) is 38.1 Å². The van der Waals surface area contributed by atoms with E-state index in [0.717, 1.165) is 5.69 Å². The van der Waals surface area contributed by atoms with Gasteiger partial charge in [0.05, 0.1) is 19.8 Å². The topological polar surface area (TPSA) is 87.8 Å². The summed E-state index contributed by atoms with van der Waals surface area (Å²) in [5.74, 6) is 0.675. The zero-order chi connectivity index (χ0) is 14.9. The molecule has 2 fully saturated rings. The predicted molar refractivity (Wildman–Crippen MR) is 74.9 cm³/mol. The summed E-state index contributed by atoms with van der Waals surface area (Å²) in [7, 11) is -3.45. The van der Waals surface area contributed by atoms with Crippen molar-refractivity contribution in [3.05, 3.63) is 17.7 Å². The molecule has 0 aromatic carbocycles. The smallest absolute Gasteiger partial charge is 0.282 e. The van der Waals surface area contributed by atoms with Crippen LogP contribution in [-0.2, 0) is 19.7 Å². The lowest BCUT2D eigenvalue weighted by atomic mass is 10.3. The van der Waals surface area contributed by atoms with Crippen LogP contribution in [0.5, 0.6) is 0 Å². The molecule has 2 aliphatic heterocycles. The summed E-state index contributed by atoms with van der Waals surface area (Å²) < 4.78 is 39.1. The Morgan fingerprint density at radius 1 is 1.24 bits per heavy atom. The Balaban J connectivity index is 1.73. The third-order valence-electron chi connectivity index (χ3n) is 3.68. The van der Waals surface area contributed by atoms with Gasteiger partial charge in [0.1, 0.15) is 11.9 Å². The molecule has 0 amide bonds. The van der Waals surface area contributed by atoms with Crippen LogP contribution in [0.3, 0.4) is 0 Å². The molecule has 8 nitrogen and oxygen atoms in total. The number of aryl methyl sites for hydroxylation is 1. The number of rotatable bonds is 3. The molecule has 0 radical (unpaired) electrons. The highest BCUT2D eigenvalue weighted by atomic mass is 32.2. The number of hydrogen-bond donors (Lipinski definition) is 1. The number of morpholine rings is 2. The standard InChI is InChI=1S/C12H20N4O4S/c1-10-8-13-12(14-10)11-9-16(4-7-20-11)21(17,18)15-2-5-19-6-3-15/h8,11H,2-7,9H2,1H3,(H,13,14). The minimum Gasteiger partial charge on any atom is -0.379 e. The molecule has 0 bridgehead atoms. The summed E-state index contributed by atoms with van der Waals surface area (Å²) in [6, 6.07) is 0. The first-order chi connectivity index (χ1) is 10.1. The Kier molecular flexibility index (Phi) is 4.27. The Morgan fingerprint density at radius 3 is 2.62 bits per heavy atom. The van der Waals surface area contributed by atoms with Crippen molar-refractivity contribution in [3.8, 4) is 0 Å². The Morgan fingerprint density at radius 2 is 1.95 bits per heavy atom. The first-order valence-electron chi connectivity index (χ1n) is 7.03. The monoisotopic (exact) mass is 316 g/mol. The molecule has 2 saturated heterocycles. The van der Waals surface area contributed by atoms with E-state index in [1.54, 1.807) is 6.20 Å². The molecule has 1 aromatic rings. The highest BCUT2D eigenvalue weighted by Gasteiger charge is 2.36. The molecule has 1 aromatic heterocycles. The lowest BCUT2D eigenvalue weighted by Gasteiger charge is -2.36. The van der Waals surface area contributed by atoms with Gasteiger partial charge in [-0.3, -0.25) is 0 Å². The molecule has 3 heterocycles. The van der Waals surface area contributed by atoms with Crippen LogP contribution in [0.2, 0.25) is 0 Å². The Hall–Kier alpha value is -1.00. The number of imidazole rings is 1. The van der Waals surface area contributed by atoms with Crippen LogP contribution in [0.25, 0.3) is 0 Å². The maximum atomic E-state index is 12.6. The molecule has 2 aliphatic rings. The number of ether oxygens (including phenoxy) is 2. The maximum absolute atomic E-state index is 12.6. The van der Waals surface area contributed by atoms with Gasteiger partial charge in [0.2, 0.25) is 0 Å². The van der Waals surface area contributed by atoms with Crippen LogP contribution in [0.1, 0.15) is 17.6 Å². The van der Waals surface area contributed by atoms with E-state index in [1.165, 1.54) is 8.61 Å². The van der Waals surface area contributed by atoms with Crippen molar-refractivity contribution in [1.29, 1.82) is 0 Å². The summed E-state index contributed by atoms with van der Waals surface area (Å²) in [4.78, 5) is 7.34. The van der Waals surface area contributed by atoms with Crippen molar-refractivity contribution in [2.45, 2.75) is 13.0 Å². The van der Waals surface area contributed by atoms with E-state index in [1.807, 2.05) is 6.92 Å². The Labute approximate surface area is 124 Å². The van der Waals surface area contributed by atoms with Crippen LogP contribution in [0.15, 0.2) is 6.20 Å². The fourth-order valence-corrected chi connectivity index (χ4v) is 4.10. The number of aromatic amines is 1. The van der Waals surface area contributed by atoms with Crippen LogP contribution in [0.4, 0.5) is 0 Å². The molecular weight excluding hydrogens is 296 g/mol. The molecule has 21 heavy (non-hydrogen) atoms. The molecule has 118 valence electrons. The summed E-state index contributed by atoms with van der Waals surface area (Å²) in [5, 5.41) is 0. The molecule has 9 heteroatoms. The van der Waals surface area contributed by atoms with Gasteiger partial charge in [-0.25, -0.2) is 4.98 Å². The van der Waals surface area contributed by atoms with Gasteiger partial charge in [-0.1, -0.05) is 0 Å². The lowest BCUT2D eigenvalue weighted by Crippen LogP contribution is -2.52. The second-order valence-electron chi connectivity index (χ2n) is 5.19. The largest absolute Gasteiger partial charge is 0.379 e. The predicted octanol–water partition coefficient (Wildman–Crippen LogP) is -0.332. The van der Waals surface area contributed by atoms with E-state index in [0.29, 0.717) is 45.3 Å². The first kappa shape index (κ1) is 14.9. The van der Waals surface area contributed by atoms with Crippen molar-refractivity contribution < 1.29 is 17.9 Å². The zero-order valence-electron chi connectivity index (χ0n) is 12.0. The average molecular weight is 316 g/mol. The van der Waals surface area contributed by atoms with Crippen LogP contribution in [0, 0.1) is 6.92 Å². The summed E-state index contributed by atoms with van der Waals surface area (Å²) in [6.45, 7) is 4.64. The highest BCUT2D eigenvalue weighted by molar-refractivity contribution is 7.86. The highest BCUT2D eigenvalue weighted by Crippen LogP contribution is 2.23. The zero-order valence-corrected chi connectivity index (χ0v) is 12.8. The number of nitrogens with one attached hydrogen (secondary N) is 1. The quantitative estimate of drug-likeness (QED) is 0.825. The van der Waals surface area contributed by atoms with Crippen molar-refractivity contribution in [2.24, 2.45) is 0 Å². The molecule has 1 unspecified atom stereocenters. The SMILES string of the molecule is Cc1cnc(C2CN(S(=O)(=O)N3CCOCC3)CCO2)[nH]1. The van der Waals surface area contributed by atoms with Gasteiger partial charge in [-0.2, -0.15) is 17.0 Å². The van der Waals surface area contributed by atoms with Gasteiger partial charge in [0.15, 0.2) is 0 Å². The number of H-pyrrole nitrogens is 1. The van der Waals surface area contributed by atoms with Crippen LogP contribution < -0.4 is 0 Å². The fraction of sp³-hybridized carbons (Fsp3) is 0.750. The van der Waals surface area contributed by atoms with E-state index in [2.05, 4.69) is 9.97 Å². The van der Waals surface area contributed by atoms with Gasteiger partial charge < -0.3 is 14.5 Å². The normalized spacial score (nSPS) is 26.0. The lowest BCUT2D eigenvalue weighted by molar-refractivity contribution is -0.0105. The summed E-state index contributed by atoms with van der Waals surface area (Å²) in [5.41, 5.74) is 0.932. The minimum absolute atomic E-state index is 0.284. The average Bonchev–Trinajstić information content (AvgIpc) is 2.95. The summed E-state index contributed by atoms with van der Waals surface area (Å²) >= 11 is 0. The minimum atomic E-state index is -3.45. The number of nitrogens with zero attached hydrogens (tertiary/aromatic N) is 3. The molecule has 0 aliphatic carbocycles. The van der Waals surface area contributed by atoms with Crippen LogP contribution >= 0.6 is 0 Å². The number of hydrogen-bond acceptors (Lipinski definition) is 5. The van der Waals surface area contributed by atoms with E-state index in [9.17, 15) is 8.42 Å². The van der Waals surface area contributed by atoms with Gasteiger partial charge in [0.25, 0.3) is 10.2 Å². The van der Waals surface area contributed by atoms with E-state index < -0.39 is 10.2 Å². The van der Waals surface area contributed by atoms with Crippen LogP contribution in [-0.4, -0.2) is 73.0 Å². The fourth-order valence-electron chi connectivity index (χ4n) is 2.54. The molecule has 0 spiro atoms. The summed E-state index contributed by atoms with van der Waals surface area (Å²) in [6.07, 6.45) is 1.37. The van der Waals surface area contributed by atoms with Crippen molar-refractivity contribution >= 4 is 10.2 Å². The van der Waals surface area contributed by atoms with Gasteiger partial charge in [-0.15, -0.1) is 0 Å². The second kappa shape index (κ2) is 6.01. The van der Waals surface area contributed by atoms with E-state index >= 15 is 0 Å². The maximum Gasteiger partial charge on any atom is 0.282 e. The Bertz CT molecular complexity index is 582. The van der Waals surface area contributed by atoms with Gasteiger partial charge >= 0.3 is 0 Å². The van der Waals surface area contributed by atoms with Crippen molar-refractivity contribution in [2.75, 3.05) is 46.0 Å². The first-order valence-corrected chi connectivity index (χ1v) is 8.43. The third kappa shape index (κ3) is 3.11. The van der Waals surface area contributed by atoms with E-state index in [-0.39, 0.29) is 12.6 Å².